The van der Waals surface area contributed by atoms with Gasteiger partial charge in [-0.15, -0.1) is 24.8 Å². The van der Waals surface area contributed by atoms with E-state index in [1.165, 1.54) is 12.8 Å². The Labute approximate surface area is 182 Å². The summed E-state index contributed by atoms with van der Waals surface area (Å²) in [5.74, 6) is 0.259. The molecule has 0 bridgehead atoms. The van der Waals surface area contributed by atoms with Gasteiger partial charge in [0.15, 0.2) is 0 Å². The minimum absolute atomic E-state index is 0. The third-order valence-electron chi connectivity index (χ3n) is 6.20. The first-order valence-corrected chi connectivity index (χ1v) is 10.1. The number of carbonyl (C=O) groups excluding carboxylic acids is 1. The molecule has 0 aliphatic carbocycles. The number of para-hydroxylation sites is 1. The maximum absolute atomic E-state index is 12.5. The lowest BCUT2D eigenvalue weighted by atomic mass is 10.1. The summed E-state index contributed by atoms with van der Waals surface area (Å²) in [5.41, 5.74) is 7.84. The number of hydrogen-bond donors (Lipinski definition) is 1. The van der Waals surface area contributed by atoms with E-state index in [9.17, 15) is 4.79 Å². The topological polar surface area (TPSA) is 52.8 Å². The van der Waals surface area contributed by atoms with Gasteiger partial charge in [-0.1, -0.05) is 18.2 Å². The van der Waals surface area contributed by atoms with Crippen LogP contribution in [0.2, 0.25) is 0 Å². The van der Waals surface area contributed by atoms with E-state index in [1.54, 1.807) is 0 Å². The standard InChI is InChI=1S/C21H34N4O.2ClH/c1-17-7-8-18(2)25(17)16-13-23-11-14-24(15-12-23)21(26)10-9-19-5-3-4-6-20(19)22;;/h3-6,17-18H,7-16,22H2,1-2H3;2*1H. The van der Waals surface area contributed by atoms with Crippen molar-refractivity contribution < 1.29 is 4.79 Å². The molecule has 2 saturated heterocycles. The second kappa shape index (κ2) is 11.9. The third kappa shape index (κ3) is 6.51. The van der Waals surface area contributed by atoms with Gasteiger partial charge < -0.3 is 10.6 Å². The van der Waals surface area contributed by atoms with Gasteiger partial charge in [0.25, 0.3) is 0 Å². The monoisotopic (exact) mass is 430 g/mol. The summed E-state index contributed by atoms with van der Waals surface area (Å²) in [5, 5.41) is 0. The van der Waals surface area contributed by atoms with Crippen molar-refractivity contribution in [3.05, 3.63) is 29.8 Å². The summed E-state index contributed by atoms with van der Waals surface area (Å²) in [4.78, 5) is 19.7. The summed E-state index contributed by atoms with van der Waals surface area (Å²) < 4.78 is 0. The van der Waals surface area contributed by atoms with Gasteiger partial charge in [-0.05, 0) is 44.7 Å². The zero-order valence-electron chi connectivity index (χ0n) is 17.2. The molecule has 2 aliphatic heterocycles. The van der Waals surface area contributed by atoms with E-state index >= 15 is 0 Å². The number of likely N-dealkylation sites (tertiary alicyclic amines) is 1. The Morgan fingerprint density at radius 2 is 1.61 bits per heavy atom. The molecule has 2 heterocycles. The molecule has 1 aromatic carbocycles. The Hall–Kier alpha value is -1.01. The SMILES string of the molecule is CC1CCC(C)N1CCN1CCN(C(=O)CCc2ccccc2N)CC1.Cl.Cl. The van der Waals surface area contributed by atoms with Gasteiger partial charge in [0.2, 0.25) is 5.91 Å². The van der Waals surface area contributed by atoms with Crippen LogP contribution in [0.1, 0.15) is 38.7 Å². The molecule has 0 saturated carbocycles. The summed E-state index contributed by atoms with van der Waals surface area (Å²) in [6.07, 6.45) is 3.94. The lowest BCUT2D eigenvalue weighted by molar-refractivity contribution is -0.132. The summed E-state index contributed by atoms with van der Waals surface area (Å²) in [7, 11) is 0. The summed E-state index contributed by atoms with van der Waals surface area (Å²) in [6, 6.07) is 9.28. The zero-order chi connectivity index (χ0) is 18.5. The summed E-state index contributed by atoms with van der Waals surface area (Å²) >= 11 is 0. The molecule has 1 aromatic rings. The van der Waals surface area contributed by atoms with Crippen molar-refractivity contribution in [3.8, 4) is 0 Å². The number of anilines is 1. The number of rotatable bonds is 6. The van der Waals surface area contributed by atoms with Crippen LogP contribution in [0.5, 0.6) is 0 Å². The number of amides is 1. The van der Waals surface area contributed by atoms with Gasteiger partial charge in [0.05, 0.1) is 0 Å². The van der Waals surface area contributed by atoms with Gasteiger partial charge in [0, 0.05) is 63.5 Å². The Balaban J connectivity index is 0.00000196. The maximum Gasteiger partial charge on any atom is 0.222 e. The van der Waals surface area contributed by atoms with E-state index in [1.807, 2.05) is 29.2 Å². The highest BCUT2D eigenvalue weighted by atomic mass is 35.5. The number of nitrogens with zero attached hydrogens (tertiary/aromatic N) is 3. The number of halogens is 2. The quantitative estimate of drug-likeness (QED) is 0.704. The van der Waals surface area contributed by atoms with Crippen LogP contribution in [0.25, 0.3) is 0 Å². The van der Waals surface area contributed by atoms with Crippen molar-refractivity contribution in [1.82, 2.24) is 14.7 Å². The first-order chi connectivity index (χ1) is 12.5. The molecule has 2 fully saturated rings. The lowest BCUT2D eigenvalue weighted by Crippen LogP contribution is -2.50. The minimum atomic E-state index is 0. The molecule has 2 aliphatic rings. The number of hydrogen-bond acceptors (Lipinski definition) is 4. The average Bonchev–Trinajstić information content (AvgIpc) is 2.97. The predicted molar refractivity (Wildman–Crippen MR) is 122 cm³/mol. The van der Waals surface area contributed by atoms with Crippen molar-refractivity contribution in [2.75, 3.05) is 45.0 Å². The number of nitrogens with two attached hydrogens (primary N) is 1. The molecule has 3 rings (SSSR count). The van der Waals surface area contributed by atoms with Crippen LogP contribution in [0, 0.1) is 0 Å². The fourth-order valence-corrected chi connectivity index (χ4v) is 4.33. The van der Waals surface area contributed by atoms with Crippen molar-refractivity contribution in [2.45, 2.75) is 51.6 Å². The molecule has 0 spiro atoms. The normalized spacial score (nSPS) is 23.1. The lowest BCUT2D eigenvalue weighted by Gasteiger charge is -2.36. The van der Waals surface area contributed by atoms with E-state index in [2.05, 4.69) is 23.6 Å². The van der Waals surface area contributed by atoms with Crippen molar-refractivity contribution in [3.63, 3.8) is 0 Å². The maximum atomic E-state index is 12.5. The van der Waals surface area contributed by atoms with Crippen LogP contribution >= 0.6 is 24.8 Å². The smallest absolute Gasteiger partial charge is 0.222 e. The van der Waals surface area contributed by atoms with E-state index in [0.717, 1.165) is 69.0 Å². The van der Waals surface area contributed by atoms with Crippen LogP contribution in [0.4, 0.5) is 5.69 Å². The molecule has 0 aromatic heterocycles. The first kappa shape index (κ1) is 25.0. The van der Waals surface area contributed by atoms with Crippen molar-refractivity contribution >= 4 is 36.4 Å². The van der Waals surface area contributed by atoms with E-state index < -0.39 is 0 Å². The third-order valence-corrected chi connectivity index (χ3v) is 6.20. The highest BCUT2D eigenvalue weighted by molar-refractivity contribution is 5.85. The Kier molecular flexibility index (Phi) is 10.6. The summed E-state index contributed by atoms with van der Waals surface area (Å²) in [6.45, 7) is 10.7. The largest absolute Gasteiger partial charge is 0.399 e. The Morgan fingerprint density at radius 3 is 2.21 bits per heavy atom. The zero-order valence-corrected chi connectivity index (χ0v) is 18.8. The second-order valence-electron chi connectivity index (χ2n) is 7.93. The molecule has 0 radical (unpaired) electrons. The number of carbonyl (C=O) groups is 1. The first-order valence-electron chi connectivity index (χ1n) is 10.1. The predicted octanol–water partition coefficient (Wildman–Crippen LogP) is 3.06. The fourth-order valence-electron chi connectivity index (χ4n) is 4.33. The van der Waals surface area contributed by atoms with Crippen LogP contribution in [0.3, 0.4) is 0 Å². The van der Waals surface area contributed by atoms with Gasteiger partial charge in [-0.25, -0.2) is 0 Å². The van der Waals surface area contributed by atoms with Gasteiger partial charge in [0.1, 0.15) is 0 Å². The van der Waals surface area contributed by atoms with Crippen LogP contribution in [-0.2, 0) is 11.2 Å². The Morgan fingerprint density at radius 1 is 1.00 bits per heavy atom. The van der Waals surface area contributed by atoms with Crippen molar-refractivity contribution in [2.24, 2.45) is 0 Å². The molecule has 7 heteroatoms. The average molecular weight is 431 g/mol. The van der Waals surface area contributed by atoms with Gasteiger partial charge >= 0.3 is 0 Å². The highest BCUT2D eigenvalue weighted by Crippen LogP contribution is 2.23. The van der Waals surface area contributed by atoms with Crippen molar-refractivity contribution in [1.29, 1.82) is 0 Å². The minimum Gasteiger partial charge on any atom is -0.399 e. The van der Waals surface area contributed by atoms with Gasteiger partial charge in [-0.2, -0.15) is 0 Å². The molecular weight excluding hydrogens is 395 g/mol. The highest BCUT2D eigenvalue weighted by Gasteiger charge is 2.28. The molecule has 2 unspecified atom stereocenters. The van der Waals surface area contributed by atoms with E-state index in [0.29, 0.717) is 6.42 Å². The second-order valence-corrected chi connectivity index (χ2v) is 7.93. The molecule has 160 valence electrons. The number of piperazine rings is 1. The number of aryl methyl sites for hydroxylation is 1. The molecule has 28 heavy (non-hydrogen) atoms. The van der Waals surface area contributed by atoms with Crippen LogP contribution < -0.4 is 5.73 Å². The molecule has 5 nitrogen and oxygen atoms in total. The number of nitrogen functional groups attached to an aromatic ring is 1. The van der Waals surface area contributed by atoms with E-state index in [-0.39, 0.29) is 30.7 Å². The molecule has 2 N–H and O–H groups in total. The van der Waals surface area contributed by atoms with Crippen LogP contribution in [0.15, 0.2) is 24.3 Å². The molecule has 2 atom stereocenters. The molecule has 1 amide bonds. The van der Waals surface area contributed by atoms with Crippen LogP contribution in [-0.4, -0.2) is 72.0 Å². The fraction of sp³-hybridized carbons (Fsp3) is 0.667. The Bertz CT molecular complexity index is 598. The number of benzene rings is 1. The van der Waals surface area contributed by atoms with E-state index in [4.69, 9.17) is 5.73 Å². The van der Waals surface area contributed by atoms with Gasteiger partial charge in [-0.3, -0.25) is 14.6 Å². The molecular formula is C21H36Cl2N4O.